The number of aromatic nitrogens is 4. The predicted molar refractivity (Wildman–Crippen MR) is 88.2 cm³/mol. The highest BCUT2D eigenvalue weighted by Gasteiger charge is 2.30. The van der Waals surface area contributed by atoms with Gasteiger partial charge in [-0.2, -0.15) is 5.10 Å². The van der Waals surface area contributed by atoms with Gasteiger partial charge in [-0.05, 0) is 31.9 Å². The van der Waals surface area contributed by atoms with E-state index in [0.29, 0.717) is 5.92 Å². The van der Waals surface area contributed by atoms with E-state index < -0.39 is 0 Å². The molecule has 0 radical (unpaired) electrons. The second kappa shape index (κ2) is 5.53. The first-order chi connectivity index (χ1) is 11.2. The van der Waals surface area contributed by atoms with Crippen molar-refractivity contribution in [2.75, 3.05) is 5.32 Å². The molecule has 1 aliphatic rings. The zero-order chi connectivity index (χ0) is 15.8. The molecule has 0 saturated heterocycles. The van der Waals surface area contributed by atoms with Crippen LogP contribution >= 0.6 is 0 Å². The quantitative estimate of drug-likeness (QED) is 0.788. The molecule has 6 heteroatoms. The summed E-state index contributed by atoms with van der Waals surface area (Å²) in [5.41, 5.74) is 2.71. The molecule has 1 fully saturated rings. The normalized spacial score (nSPS) is 14.3. The van der Waals surface area contributed by atoms with Gasteiger partial charge in [0.2, 0.25) is 5.91 Å². The van der Waals surface area contributed by atoms with E-state index in [4.69, 9.17) is 4.98 Å². The molecule has 6 nitrogen and oxygen atoms in total. The minimum atomic E-state index is -0.0503. The number of hydrogen-bond acceptors (Lipinski definition) is 3. The van der Waals surface area contributed by atoms with E-state index in [9.17, 15) is 4.79 Å². The summed E-state index contributed by atoms with van der Waals surface area (Å²) in [6.45, 7) is 3.08. The summed E-state index contributed by atoms with van der Waals surface area (Å²) in [7, 11) is 0. The van der Waals surface area contributed by atoms with Crippen LogP contribution in [0.3, 0.4) is 0 Å². The van der Waals surface area contributed by atoms with Gasteiger partial charge in [0.15, 0.2) is 0 Å². The van der Waals surface area contributed by atoms with Crippen molar-refractivity contribution in [1.82, 2.24) is 19.3 Å². The molecule has 2 heterocycles. The minimum absolute atomic E-state index is 0.0503. The first kappa shape index (κ1) is 14.0. The van der Waals surface area contributed by atoms with Gasteiger partial charge in [0, 0.05) is 18.7 Å². The molecule has 3 aromatic rings. The lowest BCUT2D eigenvalue weighted by molar-refractivity contribution is -0.116. The van der Waals surface area contributed by atoms with E-state index in [1.807, 2.05) is 42.0 Å². The van der Waals surface area contributed by atoms with Crippen LogP contribution in [0, 0.1) is 0 Å². The van der Waals surface area contributed by atoms with Gasteiger partial charge in [-0.1, -0.05) is 12.1 Å². The van der Waals surface area contributed by atoms with Gasteiger partial charge in [0.1, 0.15) is 12.4 Å². The van der Waals surface area contributed by atoms with Crippen LogP contribution < -0.4 is 5.32 Å². The van der Waals surface area contributed by atoms with E-state index in [1.165, 1.54) is 0 Å². The Morgan fingerprint density at radius 1 is 1.35 bits per heavy atom. The maximum absolute atomic E-state index is 12.4. The largest absolute Gasteiger partial charge is 0.322 e. The fourth-order valence-corrected chi connectivity index (χ4v) is 2.86. The van der Waals surface area contributed by atoms with E-state index in [2.05, 4.69) is 10.4 Å². The second-order valence-corrected chi connectivity index (χ2v) is 5.95. The Hall–Kier alpha value is -2.63. The average molecular weight is 309 g/mol. The van der Waals surface area contributed by atoms with Crippen LogP contribution in [0.2, 0.25) is 0 Å². The summed E-state index contributed by atoms with van der Waals surface area (Å²) in [5, 5.41) is 7.09. The summed E-state index contributed by atoms with van der Waals surface area (Å²) in [5.74, 6) is 1.48. The van der Waals surface area contributed by atoms with Crippen molar-refractivity contribution in [3.63, 3.8) is 0 Å². The molecule has 1 aliphatic carbocycles. The van der Waals surface area contributed by atoms with E-state index in [0.717, 1.165) is 41.9 Å². The third-order valence-electron chi connectivity index (χ3n) is 4.17. The Labute approximate surface area is 134 Å². The molecular formula is C17H19N5O. The first-order valence-corrected chi connectivity index (χ1v) is 8.02. The lowest BCUT2D eigenvalue weighted by atomic mass is 10.3. The zero-order valence-corrected chi connectivity index (χ0v) is 13.1. The summed E-state index contributed by atoms with van der Waals surface area (Å²) >= 11 is 0. The van der Waals surface area contributed by atoms with Crippen molar-refractivity contribution in [3.8, 4) is 0 Å². The van der Waals surface area contributed by atoms with Gasteiger partial charge >= 0.3 is 0 Å². The molecule has 0 spiro atoms. The molecule has 0 atom stereocenters. The number of carbonyl (C=O) groups is 1. The monoisotopic (exact) mass is 309 g/mol. The van der Waals surface area contributed by atoms with Crippen LogP contribution in [0.5, 0.6) is 0 Å². The van der Waals surface area contributed by atoms with Crippen molar-refractivity contribution in [2.24, 2.45) is 0 Å². The number of nitrogens with one attached hydrogen (secondary N) is 1. The first-order valence-electron chi connectivity index (χ1n) is 8.02. The van der Waals surface area contributed by atoms with Crippen molar-refractivity contribution < 1.29 is 4.79 Å². The second-order valence-electron chi connectivity index (χ2n) is 5.95. The number of rotatable bonds is 5. The fourth-order valence-electron chi connectivity index (χ4n) is 2.86. The highest BCUT2D eigenvalue weighted by Crippen LogP contribution is 2.40. The lowest BCUT2D eigenvalue weighted by Crippen LogP contribution is -2.19. The highest BCUT2D eigenvalue weighted by molar-refractivity contribution is 5.91. The topological polar surface area (TPSA) is 64.7 Å². The van der Waals surface area contributed by atoms with Crippen LogP contribution in [0.25, 0.3) is 11.0 Å². The SMILES string of the molecule is CCn1cc(NC(=O)Cn2c(C3CC3)nc3ccccc32)cn1. The molecule has 0 aliphatic heterocycles. The highest BCUT2D eigenvalue weighted by atomic mass is 16.2. The van der Waals surface area contributed by atoms with Gasteiger partial charge in [-0.25, -0.2) is 4.98 Å². The third-order valence-corrected chi connectivity index (χ3v) is 4.17. The Morgan fingerprint density at radius 3 is 2.91 bits per heavy atom. The van der Waals surface area contributed by atoms with Crippen molar-refractivity contribution >= 4 is 22.6 Å². The van der Waals surface area contributed by atoms with Gasteiger partial charge in [-0.3, -0.25) is 9.48 Å². The smallest absolute Gasteiger partial charge is 0.244 e. The Balaban J connectivity index is 1.59. The molecular weight excluding hydrogens is 290 g/mol. The molecule has 2 aromatic heterocycles. The van der Waals surface area contributed by atoms with Crippen LogP contribution in [0.4, 0.5) is 5.69 Å². The summed E-state index contributed by atoms with van der Waals surface area (Å²) in [6, 6.07) is 7.99. The minimum Gasteiger partial charge on any atom is -0.322 e. The number of para-hydroxylation sites is 2. The Bertz CT molecular complexity index is 859. The number of anilines is 1. The maximum Gasteiger partial charge on any atom is 0.244 e. The van der Waals surface area contributed by atoms with Crippen LogP contribution in [0.15, 0.2) is 36.7 Å². The Morgan fingerprint density at radius 2 is 2.17 bits per heavy atom. The predicted octanol–water partition coefficient (Wildman–Crippen LogP) is 2.77. The standard InChI is InChI=1S/C17H19N5O/c1-2-21-10-13(9-18-21)19-16(23)11-22-15-6-4-3-5-14(15)20-17(22)12-7-8-12/h3-6,9-10,12H,2,7-8,11H2,1H3,(H,19,23). The van der Waals surface area contributed by atoms with E-state index >= 15 is 0 Å². The number of hydrogen-bond donors (Lipinski definition) is 1. The lowest BCUT2D eigenvalue weighted by Gasteiger charge is -2.08. The summed E-state index contributed by atoms with van der Waals surface area (Å²) < 4.78 is 3.84. The molecule has 1 aromatic carbocycles. The van der Waals surface area contributed by atoms with Crippen LogP contribution in [0.1, 0.15) is 31.5 Å². The van der Waals surface area contributed by atoms with Gasteiger partial charge < -0.3 is 9.88 Å². The molecule has 1 amide bonds. The molecule has 23 heavy (non-hydrogen) atoms. The van der Waals surface area contributed by atoms with Crippen molar-refractivity contribution in [3.05, 3.63) is 42.5 Å². The number of fused-ring (bicyclic) bond motifs is 1. The zero-order valence-electron chi connectivity index (χ0n) is 13.1. The number of imidazole rings is 1. The molecule has 1 saturated carbocycles. The van der Waals surface area contributed by atoms with Gasteiger partial charge in [0.05, 0.1) is 22.9 Å². The van der Waals surface area contributed by atoms with Crippen LogP contribution in [-0.2, 0) is 17.9 Å². The number of aryl methyl sites for hydroxylation is 1. The number of carbonyl (C=O) groups excluding carboxylic acids is 1. The molecule has 0 unspecified atom stereocenters. The summed E-state index contributed by atoms with van der Waals surface area (Å²) in [4.78, 5) is 17.1. The summed E-state index contributed by atoms with van der Waals surface area (Å²) in [6.07, 6.45) is 5.84. The van der Waals surface area contributed by atoms with Crippen molar-refractivity contribution in [2.45, 2.75) is 38.8 Å². The van der Waals surface area contributed by atoms with Gasteiger partial charge in [0.25, 0.3) is 0 Å². The average Bonchev–Trinajstić information content (AvgIpc) is 3.20. The van der Waals surface area contributed by atoms with E-state index in [1.54, 1.807) is 10.9 Å². The molecule has 1 N–H and O–H groups in total. The molecule has 4 rings (SSSR count). The maximum atomic E-state index is 12.4. The van der Waals surface area contributed by atoms with Crippen molar-refractivity contribution in [1.29, 1.82) is 0 Å². The molecule has 118 valence electrons. The third kappa shape index (κ3) is 2.72. The number of nitrogens with zero attached hydrogens (tertiary/aromatic N) is 4. The van der Waals surface area contributed by atoms with E-state index in [-0.39, 0.29) is 12.5 Å². The van der Waals surface area contributed by atoms with Crippen LogP contribution in [-0.4, -0.2) is 25.2 Å². The Kier molecular flexibility index (Phi) is 3.37. The fraction of sp³-hybridized carbons (Fsp3) is 0.353. The number of benzene rings is 1. The molecule has 0 bridgehead atoms. The number of amides is 1. The van der Waals surface area contributed by atoms with Gasteiger partial charge in [-0.15, -0.1) is 0 Å².